The van der Waals surface area contributed by atoms with Crippen molar-refractivity contribution in [3.05, 3.63) is 36.5 Å². The van der Waals surface area contributed by atoms with Crippen LogP contribution in [-0.4, -0.2) is 304 Å². The van der Waals surface area contributed by atoms with Crippen LogP contribution in [0.15, 0.2) is 36.5 Å². The lowest BCUT2D eigenvalue weighted by atomic mass is 9.94. The molecule has 25 atom stereocenters. The molecule has 684 valence electrons. The van der Waals surface area contributed by atoms with Crippen LogP contribution in [0.25, 0.3) is 11.3 Å². The number of carbonyl (C=O) groups excluding carboxylic acids is 16. The first kappa shape index (κ1) is 99.6. The van der Waals surface area contributed by atoms with E-state index in [9.17, 15) is 76.7 Å². The largest absolute Gasteiger partial charge is 0.463 e. The zero-order valence-corrected chi connectivity index (χ0v) is 70.6. The molecule has 123 heavy (non-hydrogen) atoms. The second kappa shape index (κ2) is 47.9. The quantitative estimate of drug-likeness (QED) is 0.0518. The van der Waals surface area contributed by atoms with E-state index in [4.69, 9.17) is 123 Å². The Morgan fingerprint density at radius 3 is 0.821 bits per heavy atom. The van der Waals surface area contributed by atoms with E-state index in [0.717, 1.165) is 141 Å². The average molecular weight is 1760 g/mol. The molecule has 0 spiro atoms. The Morgan fingerprint density at radius 2 is 0.520 bits per heavy atom. The first-order chi connectivity index (χ1) is 58.2. The lowest BCUT2D eigenvalue weighted by Gasteiger charge is -2.51. The van der Waals surface area contributed by atoms with Crippen molar-refractivity contribution >= 4 is 95.5 Å². The van der Waals surface area contributed by atoms with Gasteiger partial charge in [0.25, 0.3) is 0 Å². The molecule has 2 aromatic rings. The van der Waals surface area contributed by atoms with Crippen LogP contribution < -0.4 is 0 Å². The highest BCUT2D eigenvalue weighted by Crippen LogP contribution is 2.42. The van der Waals surface area contributed by atoms with E-state index in [-0.39, 0.29) is 6.61 Å². The Balaban J connectivity index is 1.38. The summed E-state index contributed by atoms with van der Waals surface area (Å²) in [6.07, 6.45) is -46.2. The van der Waals surface area contributed by atoms with Gasteiger partial charge in [-0.3, -0.25) is 81.4 Å². The number of hydrogen-bond donors (Lipinski definition) is 0. The van der Waals surface area contributed by atoms with Crippen LogP contribution in [-0.2, 0) is 206 Å². The molecule has 5 saturated heterocycles. The van der Waals surface area contributed by atoms with Gasteiger partial charge in [-0.2, -0.15) is 0 Å². The molecule has 45 heteroatoms. The van der Waals surface area contributed by atoms with E-state index < -0.39 is 282 Å². The Morgan fingerprint density at radius 1 is 0.276 bits per heavy atom. The number of carbonyl (C=O) groups is 16. The number of unbranched alkanes of at least 4 members (excludes halogenated alkanes) is 5. The molecule has 45 nitrogen and oxygen atoms in total. The van der Waals surface area contributed by atoms with Crippen molar-refractivity contribution in [2.24, 2.45) is 0 Å². The molecule has 1 aromatic heterocycles. The normalized spacial score (nSPS) is 29.7. The molecule has 6 heterocycles. The first-order valence-corrected chi connectivity index (χ1v) is 39.2. The minimum atomic E-state index is -2.45. The predicted molar refractivity (Wildman–Crippen MR) is 396 cm³/mol. The second-order valence-corrected chi connectivity index (χ2v) is 28.7. The zero-order valence-electron chi connectivity index (χ0n) is 70.6. The zero-order chi connectivity index (χ0) is 90.6. The summed E-state index contributed by atoms with van der Waals surface area (Å²) in [5.41, 5.74) is 1.64. The molecule has 0 unspecified atom stereocenters. The maximum atomic E-state index is 14.0. The Labute approximate surface area is 704 Å². The predicted octanol–water partition coefficient (Wildman–Crippen LogP) is 1.53. The second-order valence-electron chi connectivity index (χ2n) is 28.7. The van der Waals surface area contributed by atoms with Crippen LogP contribution in [0.4, 0.5) is 0 Å². The summed E-state index contributed by atoms with van der Waals surface area (Å²) < 4.78 is 159. The molecule has 7 rings (SSSR count). The van der Waals surface area contributed by atoms with Crippen molar-refractivity contribution in [1.29, 1.82) is 0 Å². The third-order valence-corrected chi connectivity index (χ3v) is 18.4. The number of hydrogen-bond acceptors (Lipinski definition) is 44. The molecule has 1 aromatic carbocycles. The summed E-state index contributed by atoms with van der Waals surface area (Å²) in [5, 5.41) is 8.54. The van der Waals surface area contributed by atoms with Crippen molar-refractivity contribution in [2.75, 3.05) is 39.6 Å². The molecule has 0 N–H and O–H groups in total. The van der Waals surface area contributed by atoms with Gasteiger partial charge in [-0.25, -0.2) is 0 Å². The smallest absolute Gasteiger partial charge is 0.303 e. The minimum Gasteiger partial charge on any atom is -0.463 e. The van der Waals surface area contributed by atoms with Crippen LogP contribution >= 0.6 is 0 Å². The van der Waals surface area contributed by atoms with Crippen molar-refractivity contribution in [1.82, 2.24) is 15.0 Å². The monoisotopic (exact) mass is 1760 g/mol. The Kier molecular flexibility index (Phi) is 38.8. The highest BCUT2D eigenvalue weighted by atomic mass is 16.8. The van der Waals surface area contributed by atoms with E-state index in [1.54, 1.807) is 4.68 Å². The van der Waals surface area contributed by atoms with Gasteiger partial charge in [0, 0.05) is 129 Å². The van der Waals surface area contributed by atoms with Gasteiger partial charge < -0.3 is 123 Å². The Bertz CT molecular complexity index is 3970. The summed E-state index contributed by atoms with van der Waals surface area (Å²) in [7, 11) is 0. The standard InChI is InChI=1S/C78H105N3O42/c1-36(82)99-31-54-59(104-41(6)87)64(109-46(11)92)69(74(115-54)98-29-25-20-18-17-19-24-28-81-30-53(79-80-81)52-26-22-21-23-27-52)123-78-73(114-51(16)97)68(63(108-45(10)91)58(119-78)35-103-40(5)86)122-77-72(113-50(15)96)67(62(107-44(9)90)57(118-77)34-102-39(4)85)121-76-71(112-49(14)95)66(61(106-43(8)89)56(117-76)33-101-38(3)84)120-75-70(111-48(13)94)65(110-47(12)93)60(105-42(7)88)55(116-75)32-100-37(2)83/h21-23,26-27,30,54-78H,17-20,24-25,28-29,31-35H2,1-16H3/t54-,55-,56-,57-,58-,59-,60-,61-,62-,63-,64+,65+,66+,67+,68+,69+,70+,71+,72+,73+,74+,75-,76-,77-,78-/m1/s1. The maximum Gasteiger partial charge on any atom is 0.303 e. The first-order valence-electron chi connectivity index (χ1n) is 39.2. The van der Waals surface area contributed by atoms with Gasteiger partial charge in [0.15, 0.2) is 105 Å². The van der Waals surface area contributed by atoms with Crippen LogP contribution in [0, 0.1) is 0 Å². The van der Waals surface area contributed by atoms with Crippen LogP contribution in [0.2, 0.25) is 0 Å². The molecule has 0 amide bonds. The molecule has 5 aliphatic rings. The fourth-order valence-corrected chi connectivity index (χ4v) is 13.9. The lowest BCUT2D eigenvalue weighted by molar-refractivity contribution is -0.397. The SMILES string of the molecule is CC(=O)OC[C@H]1O[C@H](O[C@@H]2[C@H](OC(C)=O)[C@@H](O[C@@H]3[C@H](OC(C)=O)[C@@H](O[C@@H]4[C@H](OC(C)=O)[C@@H](O[C@@H]5[C@@H](OCCCCCCCCn6cc(-c7ccccc7)nn6)O[C@H](COC(C)=O)[C@@H](OC(C)=O)[C@@H]5OC(C)=O)O[C@H](COC(C)=O)[C@H]4OC(C)=O)O[C@H](COC(C)=O)[C@H]3OC(C)=O)O[C@H](COC(C)=O)[C@H]2OC(C)=O)[C@@H](OC(C)=O)[C@@H](OC(C)=O)[C@@H]1OC(C)=O. The van der Waals surface area contributed by atoms with E-state index in [1.807, 2.05) is 36.5 Å². The number of aryl methyl sites for hydroxylation is 1. The minimum absolute atomic E-state index is 0.156. The number of aromatic nitrogens is 3. The summed E-state index contributed by atoms with van der Waals surface area (Å²) in [6.45, 7) is 10.9. The number of benzene rings is 1. The summed E-state index contributed by atoms with van der Waals surface area (Å²) in [5.74, 6) is -17.4. The molecule has 0 aliphatic carbocycles. The van der Waals surface area contributed by atoms with E-state index in [1.165, 1.54) is 0 Å². The third-order valence-electron chi connectivity index (χ3n) is 18.4. The molecule has 5 aliphatic heterocycles. The topological polar surface area (TPSA) is 544 Å². The number of rotatable bonds is 40. The summed E-state index contributed by atoms with van der Waals surface area (Å²) in [4.78, 5) is 212. The van der Waals surface area contributed by atoms with Crippen LogP contribution in [0.1, 0.15) is 149 Å². The van der Waals surface area contributed by atoms with Crippen molar-refractivity contribution in [2.45, 2.75) is 309 Å². The average Bonchev–Trinajstić information content (AvgIpc) is 0.768. The summed E-state index contributed by atoms with van der Waals surface area (Å²) >= 11 is 0. The van der Waals surface area contributed by atoms with Gasteiger partial charge in [-0.05, 0) is 12.8 Å². The molecule has 5 fully saturated rings. The van der Waals surface area contributed by atoms with Crippen molar-refractivity contribution in [3.63, 3.8) is 0 Å². The lowest BCUT2D eigenvalue weighted by Crippen LogP contribution is -2.70. The van der Waals surface area contributed by atoms with Gasteiger partial charge >= 0.3 is 95.5 Å². The maximum absolute atomic E-state index is 14.0. The van der Waals surface area contributed by atoms with Gasteiger partial charge in [-0.15, -0.1) is 5.10 Å². The third kappa shape index (κ3) is 31.0. The van der Waals surface area contributed by atoms with Crippen molar-refractivity contribution in [3.8, 4) is 11.3 Å². The van der Waals surface area contributed by atoms with Gasteiger partial charge in [0.1, 0.15) is 87.6 Å². The fourth-order valence-electron chi connectivity index (χ4n) is 13.9. The van der Waals surface area contributed by atoms with E-state index in [0.29, 0.717) is 25.8 Å². The molecular formula is C78H105N3O42. The van der Waals surface area contributed by atoms with E-state index >= 15 is 0 Å². The molecule has 0 saturated carbocycles. The van der Waals surface area contributed by atoms with Gasteiger partial charge in [0.2, 0.25) is 0 Å². The highest BCUT2D eigenvalue weighted by molar-refractivity contribution is 5.72. The molecule has 0 bridgehead atoms. The van der Waals surface area contributed by atoms with Gasteiger partial charge in [0.05, 0.1) is 6.20 Å². The highest BCUT2D eigenvalue weighted by Gasteiger charge is 2.64. The molecular weight excluding hydrogens is 1650 g/mol. The number of esters is 16. The number of ether oxygens (including phenoxy) is 26. The van der Waals surface area contributed by atoms with Crippen LogP contribution in [0.3, 0.4) is 0 Å². The fraction of sp³-hybridized carbons (Fsp3) is 0.692. The Hall–Kier alpha value is -10.5. The molecule has 0 radical (unpaired) electrons. The summed E-state index contributed by atoms with van der Waals surface area (Å²) in [6, 6.07) is 9.55. The van der Waals surface area contributed by atoms with Crippen molar-refractivity contribution < 1.29 is 200 Å². The van der Waals surface area contributed by atoms with Gasteiger partial charge in [-0.1, -0.05) is 61.2 Å². The van der Waals surface area contributed by atoms with Crippen LogP contribution in [0.5, 0.6) is 0 Å². The van der Waals surface area contributed by atoms with E-state index in [2.05, 4.69) is 10.3 Å². The number of nitrogens with zero attached hydrogens (tertiary/aromatic N) is 3.